The van der Waals surface area contributed by atoms with E-state index in [1.807, 2.05) is 58.2 Å². The van der Waals surface area contributed by atoms with Crippen molar-refractivity contribution in [3.63, 3.8) is 0 Å². The lowest BCUT2D eigenvalue weighted by Crippen LogP contribution is -2.36. The van der Waals surface area contributed by atoms with Gasteiger partial charge >= 0.3 is 12.1 Å². The largest absolute Gasteiger partial charge is 0.462 e. The van der Waals surface area contributed by atoms with Crippen molar-refractivity contribution in [1.29, 1.82) is 0 Å². The highest BCUT2D eigenvalue weighted by molar-refractivity contribution is 5.96. The molecule has 7 heteroatoms. The van der Waals surface area contributed by atoms with Crippen LogP contribution in [0.3, 0.4) is 0 Å². The summed E-state index contributed by atoms with van der Waals surface area (Å²) in [5, 5.41) is 3.79. The van der Waals surface area contributed by atoms with E-state index in [0.29, 0.717) is 31.8 Å². The number of ether oxygens (including phenoxy) is 2. The minimum atomic E-state index is -0.522. The van der Waals surface area contributed by atoms with Crippen molar-refractivity contribution in [2.24, 2.45) is 0 Å². The Hall–Kier alpha value is -3.32. The van der Waals surface area contributed by atoms with Gasteiger partial charge in [-0.3, -0.25) is 0 Å². The molecule has 0 saturated heterocycles. The first-order chi connectivity index (χ1) is 15.7. The predicted octanol–water partition coefficient (Wildman–Crippen LogP) is 4.76. The quantitative estimate of drug-likeness (QED) is 0.500. The Bertz CT molecular complexity index is 1100. The zero-order valence-electron chi connectivity index (χ0n) is 20.1. The van der Waals surface area contributed by atoms with Crippen LogP contribution >= 0.6 is 0 Å². The SMILES string of the molecule is CCOC(=O)c1ccc2c(c1)c(CN(C)CCNC(=O)OC(C)(C)C)cn2-c1ccccc1. The number of carbonyl (C=O) groups is 2. The molecule has 0 aliphatic carbocycles. The smallest absolute Gasteiger partial charge is 0.407 e. The lowest BCUT2D eigenvalue weighted by Gasteiger charge is -2.21. The molecule has 0 fully saturated rings. The Morgan fingerprint density at radius 2 is 1.82 bits per heavy atom. The molecule has 3 rings (SSSR count). The summed E-state index contributed by atoms with van der Waals surface area (Å²) in [7, 11) is 2.00. The molecule has 0 spiro atoms. The highest BCUT2D eigenvalue weighted by Gasteiger charge is 2.17. The molecule has 0 radical (unpaired) electrons. The van der Waals surface area contributed by atoms with Gasteiger partial charge in [0.1, 0.15) is 5.60 Å². The molecule has 1 amide bonds. The van der Waals surface area contributed by atoms with Crippen molar-refractivity contribution in [3.8, 4) is 5.69 Å². The molecule has 33 heavy (non-hydrogen) atoms. The van der Waals surface area contributed by atoms with Crippen LogP contribution in [0.15, 0.2) is 54.7 Å². The number of carbonyl (C=O) groups excluding carboxylic acids is 2. The summed E-state index contributed by atoms with van der Waals surface area (Å²) < 4.78 is 12.6. The van der Waals surface area contributed by atoms with Crippen LogP contribution in [0.25, 0.3) is 16.6 Å². The highest BCUT2D eigenvalue weighted by Crippen LogP contribution is 2.27. The van der Waals surface area contributed by atoms with Crippen LogP contribution in [0.2, 0.25) is 0 Å². The summed E-state index contributed by atoms with van der Waals surface area (Å²) in [6.07, 6.45) is 1.68. The average molecular weight is 452 g/mol. The number of fused-ring (bicyclic) bond motifs is 1. The van der Waals surface area contributed by atoms with E-state index in [1.165, 1.54) is 0 Å². The summed E-state index contributed by atoms with van der Waals surface area (Å²) in [6, 6.07) is 15.8. The van der Waals surface area contributed by atoms with Gasteiger partial charge < -0.3 is 24.3 Å². The first-order valence-corrected chi connectivity index (χ1v) is 11.2. The van der Waals surface area contributed by atoms with Gasteiger partial charge in [-0.2, -0.15) is 0 Å². The molecule has 0 bridgehead atoms. The Morgan fingerprint density at radius 3 is 2.48 bits per heavy atom. The molecular weight excluding hydrogens is 418 g/mol. The van der Waals surface area contributed by atoms with Crippen molar-refractivity contribution in [2.75, 3.05) is 26.7 Å². The van der Waals surface area contributed by atoms with Crippen LogP contribution in [0.5, 0.6) is 0 Å². The third kappa shape index (κ3) is 6.58. The summed E-state index contributed by atoms with van der Waals surface area (Å²) in [4.78, 5) is 26.3. The number of rotatable bonds is 8. The Morgan fingerprint density at radius 1 is 1.09 bits per heavy atom. The molecule has 1 N–H and O–H groups in total. The van der Waals surface area contributed by atoms with Crippen molar-refractivity contribution in [3.05, 3.63) is 65.9 Å². The van der Waals surface area contributed by atoms with E-state index < -0.39 is 11.7 Å². The van der Waals surface area contributed by atoms with E-state index in [4.69, 9.17) is 9.47 Å². The lowest BCUT2D eigenvalue weighted by molar-refractivity contribution is 0.0514. The number of benzene rings is 2. The van der Waals surface area contributed by atoms with Crippen LogP contribution in [0.1, 0.15) is 43.6 Å². The van der Waals surface area contributed by atoms with Gasteiger partial charge in [-0.05, 0) is 70.6 Å². The second-order valence-corrected chi connectivity index (χ2v) is 8.98. The van der Waals surface area contributed by atoms with Gasteiger partial charge in [-0.25, -0.2) is 9.59 Å². The van der Waals surface area contributed by atoms with E-state index in [9.17, 15) is 9.59 Å². The van der Waals surface area contributed by atoms with E-state index in [-0.39, 0.29) is 5.97 Å². The Balaban J connectivity index is 1.81. The van der Waals surface area contributed by atoms with Crippen LogP contribution in [-0.4, -0.2) is 53.9 Å². The van der Waals surface area contributed by atoms with Gasteiger partial charge in [0.15, 0.2) is 0 Å². The van der Waals surface area contributed by atoms with Crippen LogP contribution in [0.4, 0.5) is 4.79 Å². The number of hydrogen-bond acceptors (Lipinski definition) is 5. The minimum Gasteiger partial charge on any atom is -0.462 e. The number of alkyl carbamates (subject to hydrolysis) is 1. The maximum Gasteiger partial charge on any atom is 0.407 e. The molecule has 7 nitrogen and oxygen atoms in total. The number of hydrogen-bond donors (Lipinski definition) is 1. The van der Waals surface area contributed by atoms with E-state index in [1.54, 1.807) is 13.0 Å². The van der Waals surface area contributed by atoms with Gasteiger partial charge in [-0.15, -0.1) is 0 Å². The Labute approximate surface area is 195 Å². The third-order valence-electron chi connectivity index (χ3n) is 5.03. The zero-order chi connectivity index (χ0) is 24.0. The van der Waals surface area contributed by atoms with Crippen LogP contribution < -0.4 is 5.32 Å². The molecule has 0 aliphatic rings. The number of nitrogens with zero attached hydrogens (tertiary/aromatic N) is 2. The fourth-order valence-electron chi connectivity index (χ4n) is 3.60. The number of nitrogens with one attached hydrogen (secondary N) is 1. The molecule has 0 atom stereocenters. The number of likely N-dealkylation sites (N-methyl/N-ethyl adjacent to an activating group) is 1. The second kappa shape index (κ2) is 10.5. The standard InChI is InChI=1S/C26H33N3O4/c1-6-32-24(30)19-12-13-23-22(16-19)20(18-29(23)21-10-8-7-9-11-21)17-28(5)15-14-27-25(31)33-26(2,3)4/h7-13,16,18H,6,14-15,17H2,1-5H3,(H,27,31). The van der Waals surface area contributed by atoms with Gasteiger partial charge in [-0.1, -0.05) is 18.2 Å². The van der Waals surface area contributed by atoms with Crippen molar-refractivity contribution in [2.45, 2.75) is 39.8 Å². The predicted molar refractivity (Wildman–Crippen MR) is 130 cm³/mol. The molecule has 176 valence electrons. The third-order valence-corrected chi connectivity index (χ3v) is 5.03. The maximum atomic E-state index is 12.3. The molecule has 0 saturated carbocycles. The van der Waals surface area contributed by atoms with Gasteiger partial charge in [0.2, 0.25) is 0 Å². The molecular formula is C26H33N3O4. The first-order valence-electron chi connectivity index (χ1n) is 11.2. The molecule has 0 aliphatic heterocycles. The van der Waals surface area contributed by atoms with Crippen molar-refractivity contribution < 1.29 is 19.1 Å². The van der Waals surface area contributed by atoms with Gasteiger partial charge in [0, 0.05) is 36.9 Å². The monoisotopic (exact) mass is 451 g/mol. The van der Waals surface area contributed by atoms with Crippen LogP contribution in [0, 0.1) is 0 Å². The number of esters is 1. The average Bonchev–Trinajstić information content (AvgIpc) is 3.11. The van der Waals surface area contributed by atoms with Gasteiger partial charge in [0.25, 0.3) is 0 Å². The zero-order valence-corrected chi connectivity index (χ0v) is 20.1. The maximum absolute atomic E-state index is 12.3. The number of aromatic nitrogens is 1. The van der Waals surface area contributed by atoms with E-state index in [2.05, 4.69) is 33.1 Å². The lowest BCUT2D eigenvalue weighted by atomic mass is 10.1. The normalized spacial score (nSPS) is 11.6. The van der Waals surface area contributed by atoms with Crippen molar-refractivity contribution >= 4 is 23.0 Å². The molecule has 0 unspecified atom stereocenters. The summed E-state index contributed by atoms with van der Waals surface area (Å²) in [6.45, 7) is 9.42. The second-order valence-electron chi connectivity index (χ2n) is 8.98. The molecule has 1 heterocycles. The molecule has 3 aromatic rings. The molecule has 2 aromatic carbocycles. The van der Waals surface area contributed by atoms with Crippen molar-refractivity contribution in [1.82, 2.24) is 14.8 Å². The Kier molecular flexibility index (Phi) is 7.76. The molecule has 1 aromatic heterocycles. The number of amides is 1. The van der Waals surface area contributed by atoms with Crippen LogP contribution in [-0.2, 0) is 16.0 Å². The number of para-hydroxylation sites is 1. The van der Waals surface area contributed by atoms with E-state index >= 15 is 0 Å². The van der Waals surface area contributed by atoms with E-state index in [0.717, 1.165) is 22.2 Å². The summed E-state index contributed by atoms with van der Waals surface area (Å²) >= 11 is 0. The fraction of sp³-hybridized carbons (Fsp3) is 0.385. The van der Waals surface area contributed by atoms with Gasteiger partial charge in [0.05, 0.1) is 17.7 Å². The highest BCUT2D eigenvalue weighted by atomic mass is 16.6. The fourth-order valence-corrected chi connectivity index (χ4v) is 3.60. The summed E-state index contributed by atoms with van der Waals surface area (Å²) in [5.74, 6) is -0.326. The topological polar surface area (TPSA) is 72.8 Å². The summed E-state index contributed by atoms with van der Waals surface area (Å²) in [5.41, 5.74) is 3.16. The first kappa shape index (κ1) is 24.3. The minimum absolute atomic E-state index is 0.326.